The third-order valence-corrected chi connectivity index (χ3v) is 4.76. The minimum absolute atomic E-state index is 0.0655. The Balaban J connectivity index is 1.49. The first kappa shape index (κ1) is 17.4. The number of amides is 1. The fraction of sp³-hybridized carbons (Fsp3) is 0.200. The molecule has 0 radical (unpaired) electrons. The summed E-state index contributed by atoms with van der Waals surface area (Å²) in [5.41, 5.74) is 3.45. The van der Waals surface area contributed by atoms with Gasteiger partial charge in [-0.3, -0.25) is 4.79 Å². The highest BCUT2D eigenvalue weighted by molar-refractivity contribution is 9.10. The van der Waals surface area contributed by atoms with Gasteiger partial charge < -0.3 is 9.88 Å². The molecular weight excluding hydrogens is 378 g/mol. The standard InChI is InChI=1S/C20H20BrN3O/c21-19-7-2-1-6-18(19)8-9-20(25)23-13-16-4-3-5-17(12-16)14-24-11-10-22-15-24/h1-7,10-12,15H,8-9,13-14H2,(H,23,25). The van der Waals surface area contributed by atoms with E-state index in [0.29, 0.717) is 13.0 Å². The number of hydrogen-bond donors (Lipinski definition) is 1. The zero-order valence-corrected chi connectivity index (χ0v) is 15.4. The Morgan fingerprint density at radius 3 is 2.76 bits per heavy atom. The summed E-state index contributed by atoms with van der Waals surface area (Å²) in [5, 5.41) is 3.00. The van der Waals surface area contributed by atoms with Gasteiger partial charge in [-0.1, -0.05) is 58.4 Å². The maximum absolute atomic E-state index is 12.1. The van der Waals surface area contributed by atoms with Gasteiger partial charge in [-0.15, -0.1) is 0 Å². The number of carbonyl (C=O) groups is 1. The number of aryl methyl sites for hydroxylation is 1. The number of nitrogens with one attached hydrogen (secondary N) is 1. The Morgan fingerprint density at radius 1 is 1.12 bits per heavy atom. The van der Waals surface area contributed by atoms with E-state index in [1.54, 1.807) is 12.5 Å². The van der Waals surface area contributed by atoms with Crippen LogP contribution in [0.1, 0.15) is 23.1 Å². The van der Waals surface area contributed by atoms with Crippen molar-refractivity contribution in [3.05, 3.63) is 88.4 Å². The van der Waals surface area contributed by atoms with E-state index < -0.39 is 0 Å². The molecule has 25 heavy (non-hydrogen) atoms. The van der Waals surface area contributed by atoms with Gasteiger partial charge in [0.15, 0.2) is 0 Å². The number of carbonyl (C=O) groups excluding carboxylic acids is 1. The second kappa shape index (κ2) is 8.62. The van der Waals surface area contributed by atoms with Crippen LogP contribution < -0.4 is 5.32 Å². The molecule has 0 saturated carbocycles. The van der Waals surface area contributed by atoms with Gasteiger partial charge in [-0.2, -0.15) is 0 Å². The van der Waals surface area contributed by atoms with Crippen molar-refractivity contribution in [3.8, 4) is 0 Å². The van der Waals surface area contributed by atoms with Crippen LogP contribution >= 0.6 is 15.9 Å². The van der Waals surface area contributed by atoms with E-state index in [1.807, 2.05) is 47.2 Å². The van der Waals surface area contributed by atoms with Crippen LogP contribution in [0.5, 0.6) is 0 Å². The zero-order valence-electron chi connectivity index (χ0n) is 13.9. The van der Waals surface area contributed by atoms with Gasteiger partial charge in [0, 0.05) is 36.4 Å². The topological polar surface area (TPSA) is 46.9 Å². The van der Waals surface area contributed by atoms with E-state index in [-0.39, 0.29) is 5.91 Å². The van der Waals surface area contributed by atoms with Crippen molar-refractivity contribution in [1.82, 2.24) is 14.9 Å². The molecule has 2 aromatic carbocycles. The van der Waals surface area contributed by atoms with E-state index in [9.17, 15) is 4.79 Å². The van der Waals surface area contributed by atoms with Crippen molar-refractivity contribution in [2.24, 2.45) is 0 Å². The lowest BCUT2D eigenvalue weighted by Gasteiger charge is -2.09. The Labute approximate surface area is 156 Å². The van der Waals surface area contributed by atoms with Crippen molar-refractivity contribution in [2.45, 2.75) is 25.9 Å². The van der Waals surface area contributed by atoms with Gasteiger partial charge in [-0.25, -0.2) is 4.98 Å². The molecule has 5 heteroatoms. The van der Waals surface area contributed by atoms with E-state index in [2.05, 4.69) is 38.4 Å². The molecule has 0 aliphatic carbocycles. The van der Waals surface area contributed by atoms with E-state index in [4.69, 9.17) is 0 Å². The highest BCUT2D eigenvalue weighted by Gasteiger charge is 2.05. The molecule has 128 valence electrons. The first-order chi connectivity index (χ1) is 12.2. The lowest BCUT2D eigenvalue weighted by atomic mass is 10.1. The van der Waals surface area contributed by atoms with Gasteiger partial charge in [0.1, 0.15) is 0 Å². The van der Waals surface area contributed by atoms with Crippen LogP contribution in [0.4, 0.5) is 0 Å². The molecule has 0 spiro atoms. The fourth-order valence-electron chi connectivity index (χ4n) is 2.67. The summed E-state index contributed by atoms with van der Waals surface area (Å²) in [4.78, 5) is 16.2. The summed E-state index contributed by atoms with van der Waals surface area (Å²) >= 11 is 3.52. The first-order valence-electron chi connectivity index (χ1n) is 8.24. The summed E-state index contributed by atoms with van der Waals surface area (Å²) in [5.74, 6) is 0.0655. The molecule has 0 aliphatic heterocycles. The SMILES string of the molecule is O=C(CCc1ccccc1Br)NCc1cccc(Cn2ccnc2)c1. The fourth-order valence-corrected chi connectivity index (χ4v) is 3.15. The van der Waals surface area contributed by atoms with Crippen molar-refractivity contribution in [1.29, 1.82) is 0 Å². The average molecular weight is 398 g/mol. The molecule has 0 unspecified atom stereocenters. The molecule has 1 aromatic heterocycles. The van der Waals surface area contributed by atoms with Gasteiger partial charge in [-0.05, 0) is 29.2 Å². The summed E-state index contributed by atoms with van der Waals surface area (Å²) < 4.78 is 3.07. The van der Waals surface area contributed by atoms with Crippen LogP contribution in [0.25, 0.3) is 0 Å². The van der Waals surface area contributed by atoms with E-state index in [1.165, 1.54) is 5.56 Å². The summed E-state index contributed by atoms with van der Waals surface area (Å²) in [7, 11) is 0. The second-order valence-electron chi connectivity index (χ2n) is 5.92. The maximum atomic E-state index is 12.1. The molecule has 0 saturated heterocycles. The number of hydrogen-bond acceptors (Lipinski definition) is 2. The minimum Gasteiger partial charge on any atom is -0.352 e. The Morgan fingerprint density at radius 2 is 1.96 bits per heavy atom. The van der Waals surface area contributed by atoms with Crippen LogP contribution in [0.15, 0.2) is 71.7 Å². The van der Waals surface area contributed by atoms with Gasteiger partial charge >= 0.3 is 0 Å². The second-order valence-corrected chi connectivity index (χ2v) is 6.78. The number of nitrogens with zero attached hydrogens (tertiary/aromatic N) is 2. The molecule has 3 rings (SSSR count). The third-order valence-electron chi connectivity index (χ3n) is 3.98. The number of aromatic nitrogens is 2. The largest absolute Gasteiger partial charge is 0.352 e. The summed E-state index contributed by atoms with van der Waals surface area (Å²) in [6.45, 7) is 1.33. The molecule has 1 heterocycles. The average Bonchev–Trinajstić information content (AvgIpc) is 3.12. The zero-order chi connectivity index (χ0) is 17.5. The smallest absolute Gasteiger partial charge is 0.220 e. The highest BCUT2D eigenvalue weighted by atomic mass is 79.9. The van der Waals surface area contributed by atoms with Crippen LogP contribution in [0.3, 0.4) is 0 Å². The highest BCUT2D eigenvalue weighted by Crippen LogP contribution is 2.17. The summed E-state index contributed by atoms with van der Waals surface area (Å²) in [6, 6.07) is 16.3. The number of imidazole rings is 1. The lowest BCUT2D eigenvalue weighted by molar-refractivity contribution is -0.121. The molecule has 0 atom stereocenters. The molecule has 0 aliphatic rings. The van der Waals surface area contributed by atoms with Crippen LogP contribution in [0.2, 0.25) is 0 Å². The van der Waals surface area contributed by atoms with Crippen molar-refractivity contribution >= 4 is 21.8 Å². The Kier molecular flexibility index (Phi) is 6.01. The molecule has 4 nitrogen and oxygen atoms in total. The minimum atomic E-state index is 0.0655. The molecule has 0 bridgehead atoms. The first-order valence-corrected chi connectivity index (χ1v) is 9.03. The predicted molar refractivity (Wildman–Crippen MR) is 102 cm³/mol. The van der Waals surface area contributed by atoms with E-state index >= 15 is 0 Å². The third kappa shape index (κ3) is 5.29. The quantitative estimate of drug-likeness (QED) is 0.655. The molecule has 1 amide bonds. The number of benzene rings is 2. The van der Waals surface area contributed by atoms with Crippen LogP contribution in [-0.2, 0) is 24.3 Å². The van der Waals surface area contributed by atoms with Crippen molar-refractivity contribution in [3.63, 3.8) is 0 Å². The van der Waals surface area contributed by atoms with Gasteiger partial charge in [0.2, 0.25) is 5.91 Å². The molecule has 3 aromatic rings. The Bertz CT molecular complexity index is 830. The lowest BCUT2D eigenvalue weighted by Crippen LogP contribution is -2.23. The molecular formula is C20H20BrN3O. The van der Waals surface area contributed by atoms with Crippen molar-refractivity contribution < 1.29 is 4.79 Å². The Hall–Kier alpha value is -2.40. The van der Waals surface area contributed by atoms with Crippen LogP contribution in [0, 0.1) is 0 Å². The van der Waals surface area contributed by atoms with E-state index in [0.717, 1.165) is 28.6 Å². The van der Waals surface area contributed by atoms with Gasteiger partial charge in [0.25, 0.3) is 0 Å². The number of rotatable bonds is 7. The molecule has 1 N–H and O–H groups in total. The van der Waals surface area contributed by atoms with Crippen LogP contribution in [-0.4, -0.2) is 15.5 Å². The van der Waals surface area contributed by atoms with Gasteiger partial charge in [0.05, 0.1) is 6.33 Å². The normalized spacial score (nSPS) is 10.6. The number of halogens is 1. The predicted octanol–water partition coefficient (Wildman–Crippen LogP) is 3.94. The summed E-state index contributed by atoms with van der Waals surface area (Å²) in [6.07, 6.45) is 6.73. The van der Waals surface area contributed by atoms with Crippen molar-refractivity contribution in [2.75, 3.05) is 0 Å². The maximum Gasteiger partial charge on any atom is 0.220 e. The monoisotopic (exact) mass is 397 g/mol. The molecule has 0 fully saturated rings.